The van der Waals surface area contributed by atoms with Gasteiger partial charge in [-0.05, 0) is 42.9 Å². The molecule has 2 amide bonds. The van der Waals surface area contributed by atoms with Gasteiger partial charge in [0.05, 0.1) is 12.7 Å². The van der Waals surface area contributed by atoms with Crippen molar-refractivity contribution in [1.29, 1.82) is 0 Å². The third kappa shape index (κ3) is 3.05. The van der Waals surface area contributed by atoms with Gasteiger partial charge < -0.3 is 15.4 Å². The van der Waals surface area contributed by atoms with Crippen LogP contribution in [0.15, 0.2) is 42.5 Å². The first-order valence-electron chi connectivity index (χ1n) is 9.76. The van der Waals surface area contributed by atoms with Crippen molar-refractivity contribution in [3.63, 3.8) is 0 Å². The average molecular weight is 391 g/mol. The molecule has 0 unspecified atom stereocenters. The Balaban J connectivity index is 1.92. The zero-order valence-electron chi connectivity index (χ0n) is 16.9. The van der Waals surface area contributed by atoms with Crippen LogP contribution in [0.4, 0.5) is 0 Å². The minimum Gasteiger partial charge on any atom is -0.496 e. The lowest BCUT2D eigenvalue weighted by molar-refractivity contribution is 0.0568. The number of imide groups is 1. The lowest BCUT2D eigenvalue weighted by Crippen LogP contribution is -2.48. The number of rotatable bonds is 6. The molecule has 2 N–H and O–H groups in total. The van der Waals surface area contributed by atoms with E-state index in [2.05, 4.69) is 4.90 Å². The Morgan fingerprint density at radius 3 is 2.59 bits per heavy atom. The van der Waals surface area contributed by atoms with E-state index in [4.69, 9.17) is 10.5 Å². The summed E-state index contributed by atoms with van der Waals surface area (Å²) in [6.45, 7) is 3.53. The molecule has 6 nitrogen and oxygen atoms in total. The van der Waals surface area contributed by atoms with E-state index in [1.54, 1.807) is 19.2 Å². The van der Waals surface area contributed by atoms with Gasteiger partial charge in [0.2, 0.25) is 0 Å². The Labute approximate surface area is 169 Å². The molecule has 0 saturated heterocycles. The fraction of sp³-hybridized carbons (Fsp3) is 0.304. The van der Waals surface area contributed by atoms with Crippen LogP contribution in [0.5, 0.6) is 5.75 Å². The molecular formula is C23H25N3O3. The molecule has 1 heterocycles. The van der Waals surface area contributed by atoms with Crippen LogP contribution >= 0.6 is 0 Å². The molecule has 29 heavy (non-hydrogen) atoms. The summed E-state index contributed by atoms with van der Waals surface area (Å²) in [6.07, 6.45) is 0. The molecule has 150 valence electrons. The number of benzene rings is 3. The molecule has 0 radical (unpaired) electrons. The molecule has 4 rings (SSSR count). The van der Waals surface area contributed by atoms with Gasteiger partial charge in [0.25, 0.3) is 11.8 Å². The molecular weight excluding hydrogens is 366 g/mol. The number of likely N-dealkylation sites (N-methyl/N-ethyl adjacent to an activating group) is 1. The number of methoxy groups -OCH3 is 1. The Morgan fingerprint density at radius 2 is 1.86 bits per heavy atom. The number of hydrogen-bond acceptors (Lipinski definition) is 5. The second kappa shape index (κ2) is 7.46. The van der Waals surface area contributed by atoms with Crippen molar-refractivity contribution in [1.82, 2.24) is 9.80 Å². The molecule has 0 bridgehead atoms. The molecule has 0 aromatic heterocycles. The molecule has 0 aliphatic carbocycles. The predicted molar refractivity (Wildman–Crippen MR) is 115 cm³/mol. The minimum absolute atomic E-state index is 0.00304. The molecule has 6 heteroatoms. The van der Waals surface area contributed by atoms with Gasteiger partial charge in [-0.2, -0.15) is 0 Å². The van der Waals surface area contributed by atoms with E-state index in [1.165, 1.54) is 4.90 Å². The first-order chi connectivity index (χ1) is 14.0. The Bertz CT molecular complexity index is 1130. The third-order valence-electron chi connectivity index (χ3n) is 5.82. The number of nitrogens with two attached hydrogens (primary N) is 1. The summed E-state index contributed by atoms with van der Waals surface area (Å²) < 4.78 is 5.52. The summed E-state index contributed by atoms with van der Waals surface area (Å²) in [5.74, 6) is 0.129. The predicted octanol–water partition coefficient (Wildman–Crippen LogP) is 2.88. The van der Waals surface area contributed by atoms with Gasteiger partial charge in [0, 0.05) is 42.0 Å². The fourth-order valence-electron chi connectivity index (χ4n) is 4.10. The van der Waals surface area contributed by atoms with Gasteiger partial charge in [-0.25, -0.2) is 0 Å². The molecule has 0 spiro atoms. The summed E-state index contributed by atoms with van der Waals surface area (Å²) in [7, 11) is 3.55. The zero-order chi connectivity index (χ0) is 20.7. The SMILES string of the molecule is COc1ccc2c3c(c4ccccc4cc13)C(=O)N(C[C@H](C)N(C)CCN)C2=O. The molecule has 3 aromatic rings. The monoisotopic (exact) mass is 391 g/mol. The first kappa shape index (κ1) is 19.4. The number of fused-ring (bicyclic) bond motifs is 2. The topological polar surface area (TPSA) is 75.9 Å². The molecule has 1 aliphatic heterocycles. The average Bonchev–Trinajstić information content (AvgIpc) is 2.73. The number of ether oxygens (including phenoxy) is 1. The van der Waals surface area contributed by atoms with Crippen LogP contribution in [0, 0.1) is 0 Å². The summed E-state index contributed by atoms with van der Waals surface area (Å²) in [6, 6.07) is 13.3. The third-order valence-corrected chi connectivity index (χ3v) is 5.82. The van der Waals surface area contributed by atoms with E-state index in [9.17, 15) is 9.59 Å². The maximum Gasteiger partial charge on any atom is 0.262 e. The normalized spacial score (nSPS) is 14.9. The Hall–Kier alpha value is -2.96. The largest absolute Gasteiger partial charge is 0.496 e. The van der Waals surface area contributed by atoms with Crippen LogP contribution in [0.2, 0.25) is 0 Å². The minimum atomic E-state index is -0.265. The molecule has 1 aliphatic rings. The van der Waals surface area contributed by atoms with E-state index in [0.29, 0.717) is 41.9 Å². The van der Waals surface area contributed by atoms with Crippen molar-refractivity contribution in [3.05, 3.63) is 53.6 Å². The van der Waals surface area contributed by atoms with E-state index in [-0.39, 0.29) is 17.9 Å². The highest BCUT2D eigenvalue weighted by atomic mass is 16.5. The molecule has 0 saturated carbocycles. The van der Waals surface area contributed by atoms with Crippen molar-refractivity contribution in [2.45, 2.75) is 13.0 Å². The number of nitrogens with zero attached hydrogens (tertiary/aromatic N) is 2. The summed E-state index contributed by atoms with van der Waals surface area (Å²) in [5.41, 5.74) is 6.76. The van der Waals surface area contributed by atoms with Gasteiger partial charge in [-0.15, -0.1) is 0 Å². The van der Waals surface area contributed by atoms with Crippen molar-refractivity contribution in [3.8, 4) is 5.75 Å². The quantitative estimate of drug-likeness (QED) is 0.517. The van der Waals surface area contributed by atoms with E-state index < -0.39 is 0 Å². The van der Waals surface area contributed by atoms with Crippen LogP contribution in [0.25, 0.3) is 21.5 Å². The fourth-order valence-corrected chi connectivity index (χ4v) is 4.10. The zero-order valence-corrected chi connectivity index (χ0v) is 16.9. The van der Waals surface area contributed by atoms with Gasteiger partial charge in [0.1, 0.15) is 5.75 Å². The summed E-state index contributed by atoms with van der Waals surface area (Å²) in [4.78, 5) is 30.3. The number of carbonyl (C=O) groups is 2. The Kier molecular flexibility index (Phi) is 4.98. The van der Waals surface area contributed by atoms with Crippen molar-refractivity contribution in [2.24, 2.45) is 5.73 Å². The van der Waals surface area contributed by atoms with Crippen molar-refractivity contribution >= 4 is 33.4 Å². The maximum absolute atomic E-state index is 13.6. The first-order valence-corrected chi connectivity index (χ1v) is 9.76. The maximum atomic E-state index is 13.6. The Morgan fingerprint density at radius 1 is 1.10 bits per heavy atom. The van der Waals surface area contributed by atoms with Crippen LogP contribution in [-0.2, 0) is 0 Å². The smallest absolute Gasteiger partial charge is 0.262 e. The van der Waals surface area contributed by atoms with E-state index in [0.717, 1.165) is 16.2 Å². The highest BCUT2D eigenvalue weighted by Crippen LogP contribution is 2.39. The second-order valence-electron chi connectivity index (χ2n) is 7.55. The van der Waals surface area contributed by atoms with Gasteiger partial charge in [-0.1, -0.05) is 24.3 Å². The van der Waals surface area contributed by atoms with Crippen LogP contribution < -0.4 is 10.5 Å². The number of hydrogen-bond donors (Lipinski definition) is 1. The lowest BCUT2D eigenvalue weighted by Gasteiger charge is -2.33. The number of carbonyl (C=O) groups excluding carboxylic acids is 2. The van der Waals surface area contributed by atoms with E-state index >= 15 is 0 Å². The van der Waals surface area contributed by atoms with Gasteiger partial charge >= 0.3 is 0 Å². The van der Waals surface area contributed by atoms with Crippen molar-refractivity contribution < 1.29 is 14.3 Å². The lowest BCUT2D eigenvalue weighted by atomic mass is 9.89. The van der Waals surface area contributed by atoms with Crippen LogP contribution in [-0.4, -0.2) is 61.4 Å². The summed E-state index contributed by atoms with van der Waals surface area (Å²) in [5, 5.41) is 3.26. The number of amides is 2. The standard InChI is InChI=1S/C23H25N3O3/c1-14(25(2)11-10-24)13-26-22(27)17-8-9-19(29-3)18-12-15-6-4-5-7-16(15)21(20(17)18)23(26)28/h4-9,12,14H,10-11,13,24H2,1-3H3/t14-/m0/s1. The molecule has 0 fully saturated rings. The second-order valence-corrected chi connectivity index (χ2v) is 7.55. The van der Waals surface area contributed by atoms with E-state index in [1.807, 2.05) is 44.3 Å². The molecule has 1 atom stereocenters. The van der Waals surface area contributed by atoms with Gasteiger partial charge in [-0.3, -0.25) is 14.5 Å². The molecule has 3 aromatic carbocycles. The highest BCUT2D eigenvalue weighted by Gasteiger charge is 2.36. The van der Waals surface area contributed by atoms with Crippen molar-refractivity contribution in [2.75, 3.05) is 33.8 Å². The highest BCUT2D eigenvalue weighted by molar-refractivity contribution is 6.31. The van der Waals surface area contributed by atoms with Crippen LogP contribution in [0.1, 0.15) is 27.6 Å². The van der Waals surface area contributed by atoms with Crippen LogP contribution in [0.3, 0.4) is 0 Å². The summed E-state index contributed by atoms with van der Waals surface area (Å²) >= 11 is 0. The van der Waals surface area contributed by atoms with Gasteiger partial charge in [0.15, 0.2) is 0 Å².